The molecule has 1 aromatic heterocycles. The minimum atomic E-state index is -0.378. The Labute approximate surface area is 178 Å². The summed E-state index contributed by atoms with van der Waals surface area (Å²) >= 11 is 5.23. The Morgan fingerprint density at radius 2 is 1.47 bits per heavy atom. The Bertz CT molecular complexity index is 1180. The van der Waals surface area contributed by atoms with Gasteiger partial charge in [0.2, 0.25) is 0 Å². The minimum absolute atomic E-state index is 0.251. The first-order valence-corrected chi connectivity index (χ1v) is 9.64. The SMILES string of the molecule is O=C(NNC(=S)Nc1ccc(Oc2ccccc2)cc1)c1ccc2ccccc2n1. The predicted molar refractivity (Wildman–Crippen MR) is 122 cm³/mol. The maximum absolute atomic E-state index is 12.3. The van der Waals surface area contributed by atoms with Crippen LogP contribution in [-0.2, 0) is 0 Å². The smallest absolute Gasteiger partial charge is 0.288 e. The number of hydrazine groups is 1. The summed E-state index contributed by atoms with van der Waals surface area (Å²) in [6.07, 6.45) is 0. The van der Waals surface area contributed by atoms with Crippen molar-refractivity contribution in [3.63, 3.8) is 0 Å². The molecule has 1 amide bonds. The second-order valence-electron chi connectivity index (χ2n) is 6.36. The number of rotatable bonds is 4. The lowest BCUT2D eigenvalue weighted by molar-refractivity contribution is 0.0939. The molecule has 3 N–H and O–H groups in total. The largest absolute Gasteiger partial charge is 0.457 e. The summed E-state index contributed by atoms with van der Waals surface area (Å²) in [6.45, 7) is 0. The Balaban J connectivity index is 1.30. The molecule has 0 fully saturated rings. The molecule has 0 unspecified atom stereocenters. The van der Waals surface area contributed by atoms with Gasteiger partial charge in [0.25, 0.3) is 5.91 Å². The van der Waals surface area contributed by atoms with Crippen molar-refractivity contribution >= 4 is 39.8 Å². The highest BCUT2D eigenvalue weighted by molar-refractivity contribution is 7.80. The summed E-state index contributed by atoms with van der Waals surface area (Å²) < 4.78 is 5.76. The first-order valence-electron chi connectivity index (χ1n) is 9.23. The van der Waals surface area contributed by atoms with Crippen LogP contribution in [0.3, 0.4) is 0 Å². The highest BCUT2D eigenvalue weighted by Gasteiger charge is 2.08. The van der Waals surface area contributed by atoms with E-state index in [2.05, 4.69) is 21.2 Å². The molecule has 0 spiro atoms. The van der Waals surface area contributed by atoms with E-state index in [1.807, 2.05) is 84.9 Å². The van der Waals surface area contributed by atoms with Crippen molar-refractivity contribution in [1.82, 2.24) is 15.8 Å². The van der Waals surface area contributed by atoms with Crippen molar-refractivity contribution in [1.29, 1.82) is 0 Å². The first-order chi connectivity index (χ1) is 14.7. The molecule has 7 heteroatoms. The van der Waals surface area contributed by atoms with Crippen LogP contribution in [0.5, 0.6) is 11.5 Å². The Morgan fingerprint density at radius 3 is 2.27 bits per heavy atom. The number of carbonyl (C=O) groups is 1. The summed E-state index contributed by atoms with van der Waals surface area (Å²) in [5, 5.41) is 4.22. The molecule has 0 aliphatic heterocycles. The quantitative estimate of drug-likeness (QED) is 0.333. The number of benzene rings is 3. The molecule has 30 heavy (non-hydrogen) atoms. The number of pyridine rings is 1. The van der Waals surface area contributed by atoms with Crippen LogP contribution in [0.2, 0.25) is 0 Å². The second-order valence-corrected chi connectivity index (χ2v) is 6.77. The summed E-state index contributed by atoms with van der Waals surface area (Å²) in [7, 11) is 0. The van der Waals surface area contributed by atoms with Crippen molar-refractivity contribution < 1.29 is 9.53 Å². The van der Waals surface area contributed by atoms with Gasteiger partial charge in [0.1, 0.15) is 17.2 Å². The number of carbonyl (C=O) groups excluding carboxylic acids is 1. The molecule has 4 rings (SSSR count). The van der Waals surface area contributed by atoms with E-state index in [0.717, 1.165) is 22.3 Å². The van der Waals surface area contributed by atoms with E-state index in [0.29, 0.717) is 11.4 Å². The van der Waals surface area contributed by atoms with Gasteiger partial charge in [-0.1, -0.05) is 42.5 Å². The van der Waals surface area contributed by atoms with Gasteiger partial charge in [-0.3, -0.25) is 15.6 Å². The zero-order valence-electron chi connectivity index (χ0n) is 15.8. The number of nitrogens with one attached hydrogen (secondary N) is 3. The average molecular weight is 414 g/mol. The molecule has 0 saturated carbocycles. The normalized spacial score (nSPS) is 10.3. The van der Waals surface area contributed by atoms with E-state index in [-0.39, 0.29) is 11.0 Å². The zero-order valence-corrected chi connectivity index (χ0v) is 16.6. The van der Waals surface area contributed by atoms with Gasteiger partial charge in [-0.25, -0.2) is 4.98 Å². The number of hydrogen-bond donors (Lipinski definition) is 3. The number of hydrogen-bond acceptors (Lipinski definition) is 4. The lowest BCUT2D eigenvalue weighted by Gasteiger charge is -2.12. The van der Waals surface area contributed by atoms with E-state index in [1.54, 1.807) is 6.07 Å². The first kappa shape index (κ1) is 19.4. The molecule has 0 aliphatic carbocycles. The van der Waals surface area contributed by atoms with E-state index < -0.39 is 0 Å². The fourth-order valence-corrected chi connectivity index (χ4v) is 2.93. The van der Waals surface area contributed by atoms with E-state index in [4.69, 9.17) is 17.0 Å². The van der Waals surface area contributed by atoms with Gasteiger partial charge in [0.15, 0.2) is 5.11 Å². The molecule has 0 radical (unpaired) electrons. The standard InChI is InChI=1S/C23H18N4O2S/c28-22(21-15-10-16-6-4-5-9-20(16)25-21)26-27-23(30)24-17-11-13-19(14-12-17)29-18-7-2-1-3-8-18/h1-15H,(H,26,28)(H2,24,27,30). The molecule has 0 saturated heterocycles. The average Bonchev–Trinajstić information content (AvgIpc) is 2.79. The van der Waals surface area contributed by atoms with Crippen LogP contribution in [0, 0.1) is 0 Å². The maximum atomic E-state index is 12.3. The lowest BCUT2D eigenvalue weighted by atomic mass is 10.2. The fraction of sp³-hybridized carbons (Fsp3) is 0. The molecule has 3 aromatic carbocycles. The highest BCUT2D eigenvalue weighted by Crippen LogP contribution is 2.22. The Hall–Kier alpha value is -3.97. The third kappa shape index (κ3) is 4.89. The zero-order chi connectivity index (χ0) is 20.8. The van der Waals surface area contributed by atoms with Crippen molar-refractivity contribution in [2.24, 2.45) is 0 Å². The molecule has 0 atom stereocenters. The van der Waals surface area contributed by atoms with Crippen LogP contribution in [-0.4, -0.2) is 16.0 Å². The van der Waals surface area contributed by atoms with Crippen molar-refractivity contribution in [2.75, 3.05) is 5.32 Å². The van der Waals surface area contributed by atoms with Crippen LogP contribution in [0.4, 0.5) is 5.69 Å². The van der Waals surface area contributed by atoms with Crippen molar-refractivity contribution in [2.45, 2.75) is 0 Å². The van der Waals surface area contributed by atoms with E-state index in [9.17, 15) is 4.79 Å². The van der Waals surface area contributed by atoms with Gasteiger partial charge in [-0.05, 0) is 60.7 Å². The molecular weight excluding hydrogens is 396 g/mol. The summed E-state index contributed by atoms with van der Waals surface area (Å²) in [5.74, 6) is 1.10. The Kier molecular flexibility index (Phi) is 5.82. The summed E-state index contributed by atoms with van der Waals surface area (Å²) in [6, 6.07) is 28.0. The number of amides is 1. The van der Waals surface area contributed by atoms with Gasteiger partial charge in [-0.15, -0.1) is 0 Å². The number of anilines is 1. The third-order valence-corrected chi connectivity index (χ3v) is 4.42. The summed E-state index contributed by atoms with van der Waals surface area (Å²) in [5.41, 5.74) is 7.04. The molecule has 4 aromatic rings. The maximum Gasteiger partial charge on any atom is 0.288 e. The van der Waals surface area contributed by atoms with Gasteiger partial charge in [0.05, 0.1) is 5.52 Å². The molecule has 6 nitrogen and oxygen atoms in total. The van der Waals surface area contributed by atoms with Gasteiger partial charge in [-0.2, -0.15) is 0 Å². The molecular formula is C23H18N4O2S. The van der Waals surface area contributed by atoms with Crippen LogP contribution in [0.1, 0.15) is 10.5 Å². The summed E-state index contributed by atoms with van der Waals surface area (Å²) in [4.78, 5) is 16.7. The van der Waals surface area contributed by atoms with Crippen LogP contribution >= 0.6 is 12.2 Å². The van der Waals surface area contributed by atoms with Crippen LogP contribution in [0.25, 0.3) is 10.9 Å². The minimum Gasteiger partial charge on any atom is -0.457 e. The molecule has 0 bridgehead atoms. The van der Waals surface area contributed by atoms with Crippen LogP contribution in [0.15, 0.2) is 91.0 Å². The number of fused-ring (bicyclic) bond motifs is 1. The van der Waals surface area contributed by atoms with Crippen LogP contribution < -0.4 is 20.9 Å². The number of nitrogens with zero attached hydrogens (tertiary/aromatic N) is 1. The Morgan fingerprint density at radius 1 is 0.767 bits per heavy atom. The van der Waals surface area contributed by atoms with E-state index >= 15 is 0 Å². The van der Waals surface area contributed by atoms with Crippen molar-refractivity contribution in [3.05, 3.63) is 96.7 Å². The number of thiocarbonyl (C=S) groups is 1. The third-order valence-electron chi connectivity index (χ3n) is 4.21. The van der Waals surface area contributed by atoms with E-state index in [1.165, 1.54) is 0 Å². The van der Waals surface area contributed by atoms with Crippen molar-refractivity contribution in [3.8, 4) is 11.5 Å². The monoisotopic (exact) mass is 414 g/mol. The topological polar surface area (TPSA) is 75.3 Å². The molecule has 148 valence electrons. The number of aromatic nitrogens is 1. The molecule has 0 aliphatic rings. The highest BCUT2D eigenvalue weighted by atomic mass is 32.1. The molecule has 1 heterocycles. The number of para-hydroxylation sites is 2. The van der Waals surface area contributed by atoms with Gasteiger partial charge < -0.3 is 10.1 Å². The lowest BCUT2D eigenvalue weighted by Crippen LogP contribution is -2.44. The number of ether oxygens (including phenoxy) is 1. The van der Waals surface area contributed by atoms with Gasteiger partial charge >= 0.3 is 0 Å². The fourth-order valence-electron chi connectivity index (χ4n) is 2.76. The predicted octanol–water partition coefficient (Wildman–Crippen LogP) is 4.66. The second kappa shape index (κ2) is 9.02. The van der Waals surface area contributed by atoms with Gasteiger partial charge in [0, 0.05) is 11.1 Å².